The molecule has 3 N–H and O–H groups in total. The Balaban J connectivity index is 1.41. The van der Waals surface area contributed by atoms with E-state index in [1.807, 2.05) is 43.3 Å². The Kier molecular flexibility index (Phi) is 10.1. The number of nitrogens with one attached hydrogen (secondary N) is 1. The summed E-state index contributed by atoms with van der Waals surface area (Å²) in [6.45, 7) is 3.05. The summed E-state index contributed by atoms with van der Waals surface area (Å²) in [6, 6.07) is 18.6. The zero-order valence-electron chi connectivity index (χ0n) is 24.9. The average molecular weight is 703 g/mol. The molecule has 1 unspecified atom stereocenters. The Morgan fingerprint density at radius 2 is 1.85 bits per heavy atom. The number of carboxylic acids is 1. The fourth-order valence-electron chi connectivity index (χ4n) is 4.62. The maximum absolute atomic E-state index is 11.7. The smallest absolute Gasteiger partial charge is 0.326 e. The number of pyridine rings is 1. The second-order valence-electron chi connectivity index (χ2n) is 10.8. The molecule has 0 fully saturated rings. The quantitative estimate of drug-likeness (QED) is 0.134. The van der Waals surface area contributed by atoms with Crippen molar-refractivity contribution in [2.24, 2.45) is 0 Å². The summed E-state index contributed by atoms with van der Waals surface area (Å²) in [5, 5.41) is 31.7. The summed E-state index contributed by atoms with van der Waals surface area (Å²) in [7, 11) is 0. The van der Waals surface area contributed by atoms with Crippen LogP contribution in [0.3, 0.4) is 0 Å². The summed E-state index contributed by atoms with van der Waals surface area (Å²) in [5.74, 6) is -0.473. The molecule has 12 heteroatoms. The molecule has 0 amide bonds. The molecule has 0 aliphatic carbocycles. The molecule has 1 atom stereocenters. The zero-order chi connectivity index (χ0) is 32.8. The van der Waals surface area contributed by atoms with Crippen LogP contribution in [0.4, 0.5) is 0 Å². The van der Waals surface area contributed by atoms with Crippen LogP contribution < -0.4 is 14.8 Å². The zero-order valence-corrected chi connectivity index (χ0v) is 27.3. The molecule has 5 rings (SSSR count). The fraction of sp³-hybridized carbons (Fsp3) is 0.206. The Bertz CT molecular complexity index is 1970. The number of ether oxygens (including phenoxy) is 2. The minimum atomic E-state index is -1.58. The van der Waals surface area contributed by atoms with Crippen LogP contribution >= 0.6 is 27.5 Å². The molecule has 0 aliphatic heterocycles. The van der Waals surface area contributed by atoms with Gasteiger partial charge in [0.1, 0.15) is 36.3 Å². The number of benzene rings is 3. The van der Waals surface area contributed by atoms with Gasteiger partial charge in [-0.25, -0.2) is 4.98 Å². The summed E-state index contributed by atoms with van der Waals surface area (Å²) in [5.41, 5.74) is 5.14. The maximum atomic E-state index is 11.7. The minimum absolute atomic E-state index is 0.0275. The normalized spacial score (nSPS) is 12.3. The van der Waals surface area contributed by atoms with Crippen molar-refractivity contribution >= 4 is 44.5 Å². The lowest BCUT2D eigenvalue weighted by Gasteiger charge is -2.25. The molecule has 2 heterocycles. The van der Waals surface area contributed by atoms with Crippen molar-refractivity contribution in [3.8, 4) is 28.8 Å². The van der Waals surface area contributed by atoms with Crippen molar-refractivity contribution in [2.75, 3.05) is 6.61 Å². The van der Waals surface area contributed by atoms with Crippen LogP contribution in [0.1, 0.15) is 34.7 Å². The molecule has 0 saturated heterocycles. The van der Waals surface area contributed by atoms with E-state index in [9.17, 15) is 20.3 Å². The van der Waals surface area contributed by atoms with Gasteiger partial charge in [0.05, 0.1) is 40.1 Å². The Hall–Kier alpha value is -4.60. The van der Waals surface area contributed by atoms with Gasteiger partial charge >= 0.3 is 5.97 Å². The summed E-state index contributed by atoms with van der Waals surface area (Å²) < 4.78 is 13.2. The van der Waals surface area contributed by atoms with Gasteiger partial charge in [0.2, 0.25) is 0 Å². The van der Waals surface area contributed by atoms with Gasteiger partial charge in [-0.05, 0) is 55.3 Å². The van der Waals surface area contributed by atoms with Crippen molar-refractivity contribution in [2.45, 2.75) is 39.1 Å². The highest BCUT2D eigenvalue weighted by Gasteiger charge is 2.32. The van der Waals surface area contributed by atoms with Crippen molar-refractivity contribution in [1.82, 2.24) is 20.3 Å². The predicted molar refractivity (Wildman–Crippen MR) is 176 cm³/mol. The molecule has 0 bridgehead atoms. The minimum Gasteiger partial charge on any atom is -0.488 e. The first-order valence-electron chi connectivity index (χ1n) is 14.1. The predicted octanol–water partition coefficient (Wildman–Crippen LogP) is 6.37. The number of nitriles is 1. The number of fused-ring (bicyclic) bond motifs is 1. The van der Waals surface area contributed by atoms with Crippen LogP contribution in [0, 0.1) is 18.3 Å². The van der Waals surface area contributed by atoms with E-state index in [4.69, 9.17) is 26.1 Å². The molecular weight excluding hydrogens is 674 g/mol. The van der Waals surface area contributed by atoms with Crippen LogP contribution in [0.2, 0.25) is 5.02 Å². The van der Waals surface area contributed by atoms with Gasteiger partial charge < -0.3 is 19.7 Å². The molecule has 3 aromatic carbocycles. The molecule has 0 radical (unpaired) electrons. The molecule has 234 valence electrons. The van der Waals surface area contributed by atoms with Crippen LogP contribution in [-0.4, -0.2) is 43.3 Å². The van der Waals surface area contributed by atoms with Crippen molar-refractivity contribution in [3.63, 3.8) is 0 Å². The number of halogens is 2. The SMILES string of the molecule is Cc1c(COc2cc(OCc3cncc(C#N)c3)c(CNC(C)(CO)C(=O)O)cc2Cl)cccc1-c1cnc2ccc(Br)cc2n1. The highest BCUT2D eigenvalue weighted by molar-refractivity contribution is 9.10. The molecule has 46 heavy (non-hydrogen) atoms. The van der Waals surface area contributed by atoms with Gasteiger partial charge in [-0.1, -0.05) is 45.7 Å². The van der Waals surface area contributed by atoms with Crippen molar-refractivity contribution in [3.05, 3.63) is 111 Å². The number of carbonyl (C=O) groups is 1. The van der Waals surface area contributed by atoms with E-state index in [1.165, 1.54) is 13.1 Å². The lowest BCUT2D eigenvalue weighted by molar-refractivity contribution is -0.145. The third kappa shape index (κ3) is 7.43. The molecular formula is C34H29BrClN5O5. The Morgan fingerprint density at radius 3 is 2.61 bits per heavy atom. The monoisotopic (exact) mass is 701 g/mol. The number of aliphatic hydroxyl groups excluding tert-OH is 1. The molecule has 0 spiro atoms. The summed E-state index contributed by atoms with van der Waals surface area (Å²) >= 11 is 10.2. The number of nitrogens with zero attached hydrogens (tertiary/aromatic N) is 4. The van der Waals surface area contributed by atoms with Gasteiger partial charge in [0.15, 0.2) is 0 Å². The number of carboxylic acid groups (broad SMARTS) is 1. The van der Waals surface area contributed by atoms with E-state index in [-0.39, 0.29) is 24.8 Å². The lowest BCUT2D eigenvalue weighted by Crippen LogP contribution is -2.52. The second-order valence-corrected chi connectivity index (χ2v) is 12.1. The maximum Gasteiger partial charge on any atom is 0.326 e. The molecule has 2 aromatic heterocycles. The van der Waals surface area contributed by atoms with Crippen molar-refractivity contribution < 1.29 is 24.5 Å². The van der Waals surface area contributed by atoms with Gasteiger partial charge in [0, 0.05) is 46.2 Å². The van der Waals surface area contributed by atoms with Crippen LogP contribution in [0.25, 0.3) is 22.3 Å². The first-order valence-corrected chi connectivity index (χ1v) is 15.3. The highest BCUT2D eigenvalue weighted by atomic mass is 79.9. The van der Waals surface area contributed by atoms with E-state index >= 15 is 0 Å². The molecule has 10 nitrogen and oxygen atoms in total. The number of aromatic nitrogens is 3. The van der Waals surface area contributed by atoms with Crippen LogP contribution in [0.15, 0.2) is 77.7 Å². The van der Waals surface area contributed by atoms with Gasteiger partial charge in [-0.2, -0.15) is 5.26 Å². The van der Waals surface area contributed by atoms with E-state index in [0.717, 1.165) is 37.9 Å². The third-order valence-corrected chi connectivity index (χ3v) is 8.29. The second kappa shape index (κ2) is 14.2. The Labute approximate surface area is 278 Å². The van der Waals surface area contributed by atoms with Gasteiger partial charge in [0.25, 0.3) is 0 Å². The number of hydrogen-bond acceptors (Lipinski definition) is 9. The molecule has 5 aromatic rings. The van der Waals surface area contributed by atoms with E-state index < -0.39 is 18.1 Å². The first-order chi connectivity index (χ1) is 22.1. The molecule has 0 saturated carbocycles. The summed E-state index contributed by atoms with van der Waals surface area (Å²) in [4.78, 5) is 25.2. The fourth-order valence-corrected chi connectivity index (χ4v) is 5.21. The standard InChI is InChI=1S/C34H29BrClN5O5/c1-20-23(4-3-5-26(20)30-16-39-28-7-6-25(35)10-29(28)41-30)18-46-32-11-31(45-17-22-8-21(12-37)13-38-14-22)24(9-27(32)36)15-40-34(2,19-42)33(43)44/h3-11,13-14,16,40,42H,15,17-19H2,1-2H3,(H,43,44). The van der Waals surface area contributed by atoms with E-state index in [0.29, 0.717) is 28.2 Å². The lowest BCUT2D eigenvalue weighted by atomic mass is 10.0. The van der Waals surface area contributed by atoms with Crippen LogP contribution in [-0.2, 0) is 24.6 Å². The van der Waals surface area contributed by atoms with E-state index in [2.05, 4.69) is 37.3 Å². The average Bonchev–Trinajstić information content (AvgIpc) is 3.06. The summed E-state index contributed by atoms with van der Waals surface area (Å²) in [6.07, 6.45) is 4.80. The number of aliphatic hydroxyl groups is 1. The topological polar surface area (TPSA) is 150 Å². The van der Waals surface area contributed by atoms with Gasteiger partial charge in [-0.15, -0.1) is 0 Å². The van der Waals surface area contributed by atoms with E-state index in [1.54, 1.807) is 30.6 Å². The number of aliphatic carboxylic acids is 1. The van der Waals surface area contributed by atoms with Gasteiger partial charge in [-0.3, -0.25) is 20.1 Å². The Morgan fingerprint density at radius 1 is 1.04 bits per heavy atom. The first kappa shape index (κ1) is 32.8. The molecule has 0 aliphatic rings. The number of rotatable bonds is 12. The van der Waals surface area contributed by atoms with Crippen LogP contribution in [0.5, 0.6) is 11.5 Å². The highest BCUT2D eigenvalue weighted by Crippen LogP contribution is 2.35. The van der Waals surface area contributed by atoms with Crippen molar-refractivity contribution in [1.29, 1.82) is 5.26 Å². The number of hydrogen-bond donors (Lipinski definition) is 3. The third-order valence-electron chi connectivity index (χ3n) is 7.50. The largest absolute Gasteiger partial charge is 0.488 e.